The van der Waals surface area contributed by atoms with Gasteiger partial charge in [0.15, 0.2) is 11.7 Å². The summed E-state index contributed by atoms with van der Waals surface area (Å²) in [4.78, 5) is 25.5. The number of aryl methyl sites for hydroxylation is 2. The number of rotatable bonds is 3. The highest BCUT2D eigenvalue weighted by Gasteiger charge is 2.26. The van der Waals surface area contributed by atoms with Gasteiger partial charge in [0.1, 0.15) is 5.69 Å². The number of fused-ring (bicyclic) bond motifs is 1. The summed E-state index contributed by atoms with van der Waals surface area (Å²) < 4.78 is 0. The van der Waals surface area contributed by atoms with Crippen LogP contribution in [-0.2, 0) is 0 Å². The van der Waals surface area contributed by atoms with Crippen LogP contribution in [0.2, 0.25) is 5.02 Å². The molecule has 0 bridgehead atoms. The third kappa shape index (κ3) is 3.10. The summed E-state index contributed by atoms with van der Waals surface area (Å²) in [5.41, 5.74) is 2.22. The lowest BCUT2D eigenvalue weighted by molar-refractivity contribution is 0.0971. The molecule has 0 aliphatic rings. The zero-order valence-corrected chi connectivity index (χ0v) is 13.9. The highest BCUT2D eigenvalue weighted by atomic mass is 35.5. The fourth-order valence-corrected chi connectivity index (χ4v) is 2.66. The molecule has 0 aliphatic heterocycles. The topological polar surface area (TPSA) is 79.5 Å². The number of aromatic nitrogens is 3. The van der Waals surface area contributed by atoms with Crippen molar-refractivity contribution in [3.63, 3.8) is 0 Å². The highest BCUT2D eigenvalue weighted by Crippen LogP contribution is 2.21. The molecule has 5 nitrogen and oxygen atoms in total. The van der Waals surface area contributed by atoms with E-state index in [0.29, 0.717) is 21.9 Å². The van der Waals surface area contributed by atoms with Crippen molar-refractivity contribution >= 4 is 28.3 Å². The molecule has 0 saturated heterocycles. The minimum Gasteiger partial charge on any atom is -0.290 e. The molecule has 2 aromatic heterocycles. The predicted octanol–water partition coefficient (Wildman–Crippen LogP) is 3.79. The van der Waals surface area contributed by atoms with Crippen LogP contribution in [0.15, 0.2) is 36.4 Å². The number of benzene rings is 1. The monoisotopic (exact) mass is 336 g/mol. The fourth-order valence-electron chi connectivity index (χ4n) is 2.49. The molecule has 3 rings (SSSR count). The minimum atomic E-state index is -1.09. The molecule has 0 aliphatic carbocycles. The van der Waals surface area contributed by atoms with Crippen molar-refractivity contribution in [2.24, 2.45) is 0 Å². The molecule has 0 fully saturated rings. The normalized spacial score (nSPS) is 11.9. The first kappa shape index (κ1) is 16.0. The van der Waals surface area contributed by atoms with Crippen molar-refractivity contribution in [3.05, 3.63) is 64.3 Å². The van der Waals surface area contributed by atoms with Gasteiger partial charge in [-0.1, -0.05) is 23.7 Å². The maximum Gasteiger partial charge on any atom is 0.206 e. The second kappa shape index (κ2) is 6.34. The van der Waals surface area contributed by atoms with Gasteiger partial charge in [0.25, 0.3) is 0 Å². The van der Waals surface area contributed by atoms with Gasteiger partial charge in [-0.2, -0.15) is 5.26 Å². The van der Waals surface area contributed by atoms with Crippen LogP contribution < -0.4 is 0 Å². The molecule has 118 valence electrons. The van der Waals surface area contributed by atoms with Crippen LogP contribution in [0.3, 0.4) is 0 Å². The summed E-state index contributed by atoms with van der Waals surface area (Å²) in [6.45, 7) is 3.60. The number of halogens is 1. The molecule has 0 N–H and O–H groups in total. The summed E-state index contributed by atoms with van der Waals surface area (Å²) in [6, 6.07) is 12.4. The summed E-state index contributed by atoms with van der Waals surface area (Å²) >= 11 is 5.97. The van der Waals surface area contributed by atoms with Gasteiger partial charge in [-0.15, -0.1) is 0 Å². The molecule has 0 radical (unpaired) electrons. The summed E-state index contributed by atoms with van der Waals surface area (Å²) in [6.07, 6.45) is 0. The third-order valence-corrected chi connectivity index (χ3v) is 3.79. The highest BCUT2D eigenvalue weighted by molar-refractivity contribution is 6.31. The number of ketones is 1. The van der Waals surface area contributed by atoms with Crippen LogP contribution >= 0.6 is 11.6 Å². The molecule has 6 heteroatoms. The maximum atomic E-state index is 12.7. The second-order valence-corrected chi connectivity index (χ2v) is 5.91. The van der Waals surface area contributed by atoms with Crippen LogP contribution in [0.1, 0.15) is 33.6 Å². The summed E-state index contributed by atoms with van der Waals surface area (Å²) in [5, 5.41) is 10.9. The number of nitriles is 1. The van der Waals surface area contributed by atoms with E-state index in [4.69, 9.17) is 11.6 Å². The molecule has 0 spiro atoms. The maximum absolute atomic E-state index is 12.7. The third-order valence-electron chi connectivity index (χ3n) is 3.56. The van der Waals surface area contributed by atoms with Gasteiger partial charge in [-0.3, -0.25) is 4.79 Å². The van der Waals surface area contributed by atoms with Gasteiger partial charge in [0, 0.05) is 21.8 Å². The Morgan fingerprint density at radius 2 is 1.75 bits per heavy atom. The van der Waals surface area contributed by atoms with E-state index in [1.165, 1.54) is 0 Å². The van der Waals surface area contributed by atoms with Gasteiger partial charge < -0.3 is 0 Å². The average molecular weight is 337 g/mol. The van der Waals surface area contributed by atoms with E-state index in [0.717, 1.165) is 5.39 Å². The molecule has 1 atom stereocenters. The number of carbonyl (C=O) groups is 1. The number of carbonyl (C=O) groups excluding carboxylic acids is 1. The van der Waals surface area contributed by atoms with Crippen molar-refractivity contribution in [3.8, 4) is 6.07 Å². The van der Waals surface area contributed by atoms with E-state index in [1.807, 2.05) is 12.1 Å². The molecular weight excluding hydrogens is 324 g/mol. The minimum absolute atomic E-state index is 0.194. The summed E-state index contributed by atoms with van der Waals surface area (Å²) in [5.74, 6) is -1.31. The molecule has 0 saturated carbocycles. The molecule has 0 amide bonds. The van der Waals surface area contributed by atoms with Crippen molar-refractivity contribution in [2.45, 2.75) is 19.8 Å². The SMILES string of the molecule is Cc1cc(C)nc([C@@H](C#N)C(=O)c2ccc3ccc(Cl)cc3n2)n1. The first-order valence-electron chi connectivity index (χ1n) is 7.30. The zero-order valence-electron chi connectivity index (χ0n) is 13.1. The van der Waals surface area contributed by atoms with Crippen LogP contribution in [0, 0.1) is 25.2 Å². The average Bonchev–Trinajstić information content (AvgIpc) is 2.53. The number of pyridine rings is 1. The van der Waals surface area contributed by atoms with Gasteiger partial charge >= 0.3 is 0 Å². The van der Waals surface area contributed by atoms with Gasteiger partial charge in [-0.05, 0) is 38.1 Å². The van der Waals surface area contributed by atoms with Crippen molar-refractivity contribution in [2.75, 3.05) is 0 Å². The number of nitrogens with zero attached hydrogens (tertiary/aromatic N) is 4. The van der Waals surface area contributed by atoms with E-state index in [9.17, 15) is 10.1 Å². The van der Waals surface area contributed by atoms with Crippen molar-refractivity contribution in [1.82, 2.24) is 15.0 Å². The first-order valence-corrected chi connectivity index (χ1v) is 7.68. The quantitative estimate of drug-likeness (QED) is 0.680. The second-order valence-electron chi connectivity index (χ2n) is 5.47. The Morgan fingerprint density at radius 1 is 1.08 bits per heavy atom. The van der Waals surface area contributed by atoms with E-state index in [-0.39, 0.29) is 11.5 Å². The van der Waals surface area contributed by atoms with E-state index in [2.05, 4.69) is 15.0 Å². The standard InChI is InChI=1S/C18H13ClN4O/c1-10-7-11(2)22-18(21-10)14(9-20)17(24)15-6-4-12-3-5-13(19)8-16(12)23-15/h3-8,14H,1-2H3/t14-/m0/s1. The Balaban J connectivity index is 2.04. The smallest absolute Gasteiger partial charge is 0.206 e. The molecule has 2 heterocycles. The van der Waals surface area contributed by atoms with E-state index in [1.54, 1.807) is 44.2 Å². The first-order chi connectivity index (χ1) is 11.5. The lowest BCUT2D eigenvalue weighted by Gasteiger charge is -2.09. The lowest BCUT2D eigenvalue weighted by Crippen LogP contribution is -2.16. The fraction of sp³-hybridized carbons (Fsp3) is 0.167. The Hall–Kier alpha value is -2.84. The molecular formula is C18H13ClN4O. The Labute approximate surface area is 144 Å². The van der Waals surface area contributed by atoms with Crippen LogP contribution in [-0.4, -0.2) is 20.7 Å². The number of Topliss-reactive ketones (excluding diaryl/α,β-unsaturated/α-hetero) is 1. The van der Waals surface area contributed by atoms with Crippen LogP contribution in [0.4, 0.5) is 0 Å². The largest absolute Gasteiger partial charge is 0.290 e. The predicted molar refractivity (Wildman–Crippen MR) is 90.9 cm³/mol. The van der Waals surface area contributed by atoms with Gasteiger partial charge in [0.05, 0.1) is 11.6 Å². The Kier molecular flexibility index (Phi) is 4.24. The van der Waals surface area contributed by atoms with Gasteiger partial charge in [-0.25, -0.2) is 15.0 Å². The van der Waals surface area contributed by atoms with Crippen molar-refractivity contribution < 1.29 is 4.79 Å². The molecule has 1 aromatic carbocycles. The zero-order chi connectivity index (χ0) is 17.3. The summed E-state index contributed by atoms with van der Waals surface area (Å²) in [7, 11) is 0. The molecule has 24 heavy (non-hydrogen) atoms. The molecule has 3 aromatic rings. The molecule has 0 unspecified atom stereocenters. The Bertz CT molecular complexity index is 974. The van der Waals surface area contributed by atoms with E-state index >= 15 is 0 Å². The lowest BCUT2D eigenvalue weighted by atomic mass is 10.0. The Morgan fingerprint density at radius 3 is 2.42 bits per heavy atom. The van der Waals surface area contributed by atoms with Crippen LogP contribution in [0.5, 0.6) is 0 Å². The number of hydrogen-bond donors (Lipinski definition) is 0. The number of hydrogen-bond acceptors (Lipinski definition) is 5. The van der Waals surface area contributed by atoms with E-state index < -0.39 is 11.7 Å². The van der Waals surface area contributed by atoms with Gasteiger partial charge in [0.2, 0.25) is 5.78 Å². The van der Waals surface area contributed by atoms with Crippen LogP contribution in [0.25, 0.3) is 10.9 Å². The van der Waals surface area contributed by atoms with Crippen molar-refractivity contribution in [1.29, 1.82) is 5.26 Å².